The van der Waals surface area contributed by atoms with Crippen molar-refractivity contribution in [2.24, 2.45) is 5.92 Å². The van der Waals surface area contributed by atoms with Crippen molar-refractivity contribution in [1.82, 2.24) is 9.62 Å². The van der Waals surface area contributed by atoms with E-state index in [1.54, 1.807) is 0 Å². The van der Waals surface area contributed by atoms with Gasteiger partial charge in [-0.1, -0.05) is 30.5 Å². The molecule has 1 atom stereocenters. The van der Waals surface area contributed by atoms with Gasteiger partial charge in [0.05, 0.1) is 4.90 Å². The molecule has 1 N–H and O–H groups in total. The predicted octanol–water partition coefficient (Wildman–Crippen LogP) is 3.07. The summed E-state index contributed by atoms with van der Waals surface area (Å²) in [6.45, 7) is 6.71. The first kappa shape index (κ1) is 19.4. The Labute approximate surface area is 157 Å². The average molecular weight is 379 g/mol. The first-order valence-electron chi connectivity index (χ1n) is 9.68. The van der Waals surface area contributed by atoms with E-state index in [-0.39, 0.29) is 5.91 Å². The fourth-order valence-electron chi connectivity index (χ4n) is 4.56. The van der Waals surface area contributed by atoms with Gasteiger partial charge in [0.25, 0.3) is 0 Å². The van der Waals surface area contributed by atoms with Gasteiger partial charge in [-0.15, -0.1) is 0 Å². The highest BCUT2D eigenvalue weighted by Gasteiger charge is 2.40. The Morgan fingerprint density at radius 2 is 1.69 bits per heavy atom. The van der Waals surface area contributed by atoms with Crippen molar-refractivity contribution in [3.05, 3.63) is 28.8 Å². The molecule has 0 radical (unpaired) electrons. The van der Waals surface area contributed by atoms with Gasteiger partial charge in [-0.25, -0.2) is 8.42 Å². The lowest BCUT2D eigenvalue weighted by atomic mass is 10.1. The van der Waals surface area contributed by atoms with Crippen LogP contribution in [-0.2, 0) is 14.8 Å². The summed E-state index contributed by atoms with van der Waals surface area (Å²) in [7, 11) is -3.68. The maximum Gasteiger partial charge on any atom is 0.244 e. The number of aryl methyl sites for hydroxylation is 3. The zero-order chi connectivity index (χ0) is 18.9. The van der Waals surface area contributed by atoms with Gasteiger partial charge in [0.1, 0.15) is 6.04 Å². The largest absolute Gasteiger partial charge is 0.354 e. The summed E-state index contributed by atoms with van der Waals surface area (Å²) in [5.74, 6) is 0.410. The lowest BCUT2D eigenvalue weighted by molar-refractivity contribution is -0.124. The van der Waals surface area contributed by atoms with Gasteiger partial charge in [0.15, 0.2) is 0 Å². The summed E-state index contributed by atoms with van der Waals surface area (Å²) in [5, 5.41) is 3.01. The monoisotopic (exact) mass is 378 g/mol. The van der Waals surface area contributed by atoms with E-state index in [4.69, 9.17) is 0 Å². The minimum atomic E-state index is -3.68. The van der Waals surface area contributed by atoms with Crippen LogP contribution in [0.4, 0.5) is 0 Å². The molecule has 1 amide bonds. The van der Waals surface area contributed by atoms with Crippen LogP contribution in [0.15, 0.2) is 17.0 Å². The Hall–Kier alpha value is -1.40. The van der Waals surface area contributed by atoms with E-state index in [0.29, 0.717) is 30.3 Å². The van der Waals surface area contributed by atoms with Crippen LogP contribution < -0.4 is 5.32 Å². The second kappa shape index (κ2) is 7.69. The van der Waals surface area contributed by atoms with E-state index < -0.39 is 16.1 Å². The molecule has 0 bridgehead atoms. The minimum Gasteiger partial charge on any atom is -0.354 e. The number of rotatable bonds is 5. The molecular weight excluding hydrogens is 348 g/mol. The van der Waals surface area contributed by atoms with Gasteiger partial charge >= 0.3 is 0 Å². The molecule has 1 aliphatic heterocycles. The normalized spacial score (nSPS) is 22.0. The van der Waals surface area contributed by atoms with Crippen molar-refractivity contribution in [2.75, 3.05) is 13.1 Å². The lowest BCUT2D eigenvalue weighted by Crippen LogP contribution is -2.47. The van der Waals surface area contributed by atoms with Crippen molar-refractivity contribution < 1.29 is 13.2 Å². The van der Waals surface area contributed by atoms with Crippen LogP contribution in [0.3, 0.4) is 0 Å². The van der Waals surface area contributed by atoms with Gasteiger partial charge in [0.2, 0.25) is 15.9 Å². The second-order valence-corrected chi connectivity index (χ2v) is 9.72. The first-order chi connectivity index (χ1) is 12.3. The van der Waals surface area contributed by atoms with Crippen molar-refractivity contribution in [1.29, 1.82) is 0 Å². The zero-order valence-electron chi connectivity index (χ0n) is 16.0. The topological polar surface area (TPSA) is 66.5 Å². The third-order valence-corrected chi connectivity index (χ3v) is 7.93. The quantitative estimate of drug-likeness (QED) is 0.856. The van der Waals surface area contributed by atoms with Crippen LogP contribution >= 0.6 is 0 Å². The molecule has 3 rings (SSSR count). The van der Waals surface area contributed by atoms with Crippen molar-refractivity contribution in [3.63, 3.8) is 0 Å². The number of amides is 1. The fourth-order valence-corrected chi connectivity index (χ4v) is 6.63. The molecule has 0 spiro atoms. The zero-order valence-corrected chi connectivity index (χ0v) is 16.9. The van der Waals surface area contributed by atoms with Crippen molar-refractivity contribution in [2.45, 2.75) is 70.2 Å². The second-order valence-electron chi connectivity index (χ2n) is 7.90. The van der Waals surface area contributed by atoms with Gasteiger partial charge in [-0.2, -0.15) is 4.31 Å². The van der Waals surface area contributed by atoms with Crippen LogP contribution in [-0.4, -0.2) is 37.8 Å². The number of hydrogen-bond acceptors (Lipinski definition) is 3. The fraction of sp³-hybridized carbons (Fsp3) is 0.650. The van der Waals surface area contributed by atoms with Gasteiger partial charge < -0.3 is 5.32 Å². The number of carbonyl (C=O) groups is 1. The number of nitrogens with zero attached hydrogens (tertiary/aromatic N) is 1. The maximum atomic E-state index is 13.3. The van der Waals surface area contributed by atoms with Gasteiger partial charge in [0, 0.05) is 13.1 Å². The standard InChI is InChI=1S/C20H30N2O3S/c1-14-11-15(2)19(16(3)12-14)26(24,25)22-10-6-9-18(22)20(23)21-13-17-7-4-5-8-17/h11-12,17-18H,4-10,13H2,1-3H3,(H,21,23). The number of hydrogen-bond donors (Lipinski definition) is 1. The van der Waals surface area contributed by atoms with Crippen molar-refractivity contribution in [3.8, 4) is 0 Å². The molecule has 144 valence electrons. The number of carbonyl (C=O) groups excluding carboxylic acids is 1. The van der Waals surface area contributed by atoms with E-state index in [1.807, 2.05) is 32.9 Å². The van der Waals surface area contributed by atoms with E-state index >= 15 is 0 Å². The number of nitrogens with one attached hydrogen (secondary N) is 1. The molecule has 2 aliphatic rings. The minimum absolute atomic E-state index is 0.139. The van der Waals surface area contributed by atoms with E-state index in [2.05, 4.69) is 5.32 Å². The third-order valence-electron chi connectivity index (χ3n) is 5.72. The SMILES string of the molecule is Cc1cc(C)c(S(=O)(=O)N2CCCC2C(=O)NCC2CCCC2)c(C)c1. The molecule has 2 fully saturated rings. The van der Waals surface area contributed by atoms with Crippen LogP contribution in [0, 0.1) is 26.7 Å². The van der Waals surface area contributed by atoms with Gasteiger partial charge in [-0.3, -0.25) is 4.79 Å². The summed E-state index contributed by atoms with van der Waals surface area (Å²) in [6.07, 6.45) is 6.11. The Balaban J connectivity index is 1.79. The number of benzene rings is 1. The molecule has 1 saturated carbocycles. The smallest absolute Gasteiger partial charge is 0.244 e. The molecule has 1 aromatic carbocycles. The van der Waals surface area contributed by atoms with E-state index in [0.717, 1.165) is 36.0 Å². The molecule has 1 saturated heterocycles. The Kier molecular flexibility index (Phi) is 5.72. The number of sulfonamides is 1. The Morgan fingerprint density at radius 3 is 2.31 bits per heavy atom. The van der Waals surface area contributed by atoms with Crippen molar-refractivity contribution >= 4 is 15.9 Å². The maximum absolute atomic E-state index is 13.3. The molecule has 1 heterocycles. The van der Waals surface area contributed by atoms with E-state index in [1.165, 1.54) is 17.1 Å². The highest BCUT2D eigenvalue weighted by atomic mass is 32.2. The molecule has 5 nitrogen and oxygen atoms in total. The third kappa shape index (κ3) is 3.81. The summed E-state index contributed by atoms with van der Waals surface area (Å²) in [4.78, 5) is 13.1. The Bertz CT molecular complexity index is 759. The highest BCUT2D eigenvalue weighted by molar-refractivity contribution is 7.89. The van der Waals surface area contributed by atoms with Crippen LogP contribution in [0.2, 0.25) is 0 Å². The Morgan fingerprint density at radius 1 is 1.08 bits per heavy atom. The molecule has 1 aromatic rings. The molecule has 6 heteroatoms. The predicted molar refractivity (Wildman–Crippen MR) is 103 cm³/mol. The first-order valence-corrected chi connectivity index (χ1v) is 11.1. The molecule has 1 aliphatic carbocycles. The molecule has 26 heavy (non-hydrogen) atoms. The van der Waals surface area contributed by atoms with Crippen LogP contribution in [0.1, 0.15) is 55.2 Å². The summed E-state index contributed by atoms with van der Waals surface area (Å²) < 4.78 is 28.0. The van der Waals surface area contributed by atoms with Crippen LogP contribution in [0.25, 0.3) is 0 Å². The van der Waals surface area contributed by atoms with Gasteiger partial charge in [-0.05, 0) is 63.5 Å². The molecular formula is C20H30N2O3S. The highest BCUT2D eigenvalue weighted by Crippen LogP contribution is 2.31. The summed E-state index contributed by atoms with van der Waals surface area (Å²) in [5.41, 5.74) is 2.55. The average Bonchev–Trinajstić information content (AvgIpc) is 3.23. The summed E-state index contributed by atoms with van der Waals surface area (Å²) in [6, 6.07) is 3.21. The lowest BCUT2D eigenvalue weighted by Gasteiger charge is -2.25. The van der Waals surface area contributed by atoms with Crippen LogP contribution in [0.5, 0.6) is 0 Å². The molecule has 1 unspecified atom stereocenters. The summed E-state index contributed by atoms with van der Waals surface area (Å²) >= 11 is 0. The molecule has 0 aromatic heterocycles. The van der Waals surface area contributed by atoms with E-state index in [9.17, 15) is 13.2 Å².